The van der Waals surface area contributed by atoms with Gasteiger partial charge in [0.25, 0.3) is 0 Å². The summed E-state index contributed by atoms with van der Waals surface area (Å²) in [5.74, 6) is 0. The fraction of sp³-hybridized carbons (Fsp3) is 0.278. The summed E-state index contributed by atoms with van der Waals surface area (Å²) < 4.78 is 0. The lowest BCUT2D eigenvalue weighted by atomic mass is 10.1. The van der Waals surface area contributed by atoms with Gasteiger partial charge in [-0.05, 0) is 36.2 Å². The van der Waals surface area contributed by atoms with E-state index in [4.69, 9.17) is 5.26 Å². The van der Waals surface area contributed by atoms with Gasteiger partial charge in [-0.15, -0.1) is 11.3 Å². The van der Waals surface area contributed by atoms with E-state index < -0.39 is 0 Å². The summed E-state index contributed by atoms with van der Waals surface area (Å²) in [5, 5.41) is 12.4. The molecule has 0 spiro atoms. The molecule has 0 saturated heterocycles. The fourth-order valence-corrected chi connectivity index (χ4v) is 3.17. The zero-order chi connectivity index (χ0) is 16.1. The van der Waals surface area contributed by atoms with Gasteiger partial charge in [-0.1, -0.05) is 18.7 Å². The van der Waals surface area contributed by atoms with E-state index >= 15 is 0 Å². The topological polar surface area (TPSA) is 39.1 Å². The normalized spacial score (nSPS) is 10.3. The molecule has 0 fully saturated rings. The van der Waals surface area contributed by atoms with Crippen LogP contribution in [0.3, 0.4) is 0 Å². The number of hydrogen-bond acceptors (Lipinski definition) is 4. The van der Waals surface area contributed by atoms with Crippen molar-refractivity contribution in [3.8, 4) is 6.07 Å². The summed E-state index contributed by atoms with van der Waals surface area (Å²) in [6.07, 6.45) is 0. The molecule has 1 aromatic carbocycles. The first kappa shape index (κ1) is 16.3. The Kier molecular flexibility index (Phi) is 5.37. The van der Waals surface area contributed by atoms with Gasteiger partial charge in [-0.3, -0.25) is 0 Å². The molecule has 22 heavy (non-hydrogen) atoms. The molecule has 0 aliphatic heterocycles. The van der Waals surface area contributed by atoms with Crippen molar-refractivity contribution in [2.45, 2.75) is 20.0 Å². The van der Waals surface area contributed by atoms with E-state index in [-0.39, 0.29) is 0 Å². The lowest BCUT2D eigenvalue weighted by molar-refractivity contribution is 0.595. The highest BCUT2D eigenvalue weighted by atomic mass is 32.1. The van der Waals surface area contributed by atoms with E-state index in [0.717, 1.165) is 29.9 Å². The van der Waals surface area contributed by atoms with Crippen LogP contribution in [0.25, 0.3) is 5.70 Å². The molecule has 4 heteroatoms. The average Bonchev–Trinajstić information content (AvgIpc) is 2.95. The predicted octanol–water partition coefficient (Wildman–Crippen LogP) is 3.75. The van der Waals surface area contributed by atoms with Crippen molar-refractivity contribution in [2.75, 3.05) is 14.1 Å². The highest BCUT2D eigenvalue weighted by molar-refractivity contribution is 7.13. The monoisotopic (exact) mass is 311 g/mol. The van der Waals surface area contributed by atoms with Gasteiger partial charge in [0.05, 0.1) is 16.5 Å². The van der Waals surface area contributed by atoms with Crippen LogP contribution in [-0.4, -0.2) is 19.0 Å². The van der Waals surface area contributed by atoms with Gasteiger partial charge in [-0.25, -0.2) is 0 Å². The number of benzene rings is 1. The second-order valence-electron chi connectivity index (χ2n) is 5.47. The zero-order valence-corrected chi connectivity index (χ0v) is 14.1. The molecule has 3 nitrogen and oxygen atoms in total. The van der Waals surface area contributed by atoms with Crippen molar-refractivity contribution in [1.29, 1.82) is 5.26 Å². The van der Waals surface area contributed by atoms with Crippen molar-refractivity contribution in [3.05, 3.63) is 63.4 Å². The minimum absolute atomic E-state index is 0.744. The van der Waals surface area contributed by atoms with Crippen LogP contribution in [0, 0.1) is 18.3 Å². The zero-order valence-electron chi connectivity index (χ0n) is 13.3. The maximum Gasteiger partial charge on any atom is 0.0994 e. The maximum absolute atomic E-state index is 8.95. The third-order valence-electron chi connectivity index (χ3n) is 3.53. The van der Waals surface area contributed by atoms with E-state index in [1.807, 2.05) is 38.1 Å². The van der Waals surface area contributed by atoms with Crippen molar-refractivity contribution >= 4 is 17.0 Å². The number of nitriles is 1. The lowest BCUT2D eigenvalue weighted by Gasteiger charge is -2.13. The second kappa shape index (κ2) is 7.26. The Morgan fingerprint density at radius 3 is 2.68 bits per heavy atom. The van der Waals surface area contributed by atoms with E-state index in [2.05, 4.69) is 36.2 Å². The minimum Gasteiger partial charge on any atom is -0.377 e. The summed E-state index contributed by atoms with van der Waals surface area (Å²) in [6.45, 7) is 7.69. The first-order chi connectivity index (χ1) is 10.5. The van der Waals surface area contributed by atoms with Gasteiger partial charge < -0.3 is 10.2 Å². The standard InChI is InChI=1S/C18H21N3S/c1-13-9-15(5-6-16(13)10-19)11-20-12-17-7-8-18(22-17)14(2)21(3)4/h5-9,20H,2,11-12H2,1,3-4H3. The van der Waals surface area contributed by atoms with Crippen molar-refractivity contribution < 1.29 is 0 Å². The van der Waals surface area contributed by atoms with E-state index in [1.165, 1.54) is 15.3 Å². The van der Waals surface area contributed by atoms with Crippen molar-refractivity contribution in [2.24, 2.45) is 0 Å². The second-order valence-corrected chi connectivity index (χ2v) is 6.64. The molecule has 1 N–H and O–H groups in total. The molecule has 0 aliphatic carbocycles. The number of hydrogen-bond donors (Lipinski definition) is 1. The average molecular weight is 311 g/mol. The number of rotatable bonds is 6. The number of thiophene rings is 1. The summed E-state index contributed by atoms with van der Waals surface area (Å²) in [6, 6.07) is 12.4. The van der Waals surface area contributed by atoms with Gasteiger partial charge in [0.2, 0.25) is 0 Å². The third-order valence-corrected chi connectivity index (χ3v) is 4.66. The first-order valence-corrected chi connectivity index (χ1v) is 7.98. The summed E-state index contributed by atoms with van der Waals surface area (Å²) in [4.78, 5) is 4.53. The smallest absolute Gasteiger partial charge is 0.0994 e. The van der Waals surface area contributed by atoms with Crippen LogP contribution in [0.1, 0.15) is 26.4 Å². The van der Waals surface area contributed by atoms with Crippen LogP contribution in [0.4, 0.5) is 0 Å². The Hall–Kier alpha value is -2.09. The molecular weight excluding hydrogens is 290 g/mol. The van der Waals surface area contributed by atoms with Crippen LogP contribution in [0.2, 0.25) is 0 Å². The van der Waals surface area contributed by atoms with Crippen molar-refractivity contribution in [1.82, 2.24) is 10.2 Å². The maximum atomic E-state index is 8.95. The summed E-state index contributed by atoms with van der Waals surface area (Å²) >= 11 is 1.77. The molecule has 0 radical (unpaired) electrons. The lowest BCUT2D eigenvalue weighted by Crippen LogP contribution is -2.12. The molecule has 2 rings (SSSR count). The van der Waals surface area contributed by atoms with Crippen LogP contribution in [0.5, 0.6) is 0 Å². The van der Waals surface area contributed by atoms with Gasteiger partial charge in [0, 0.05) is 37.8 Å². The molecule has 0 atom stereocenters. The molecule has 0 aliphatic rings. The highest BCUT2D eigenvalue weighted by Gasteiger charge is 2.05. The van der Waals surface area contributed by atoms with Gasteiger partial charge in [0.1, 0.15) is 0 Å². The van der Waals surface area contributed by atoms with E-state index in [1.54, 1.807) is 11.3 Å². The molecule has 114 valence electrons. The number of nitrogens with one attached hydrogen (secondary N) is 1. The fourth-order valence-electron chi connectivity index (χ4n) is 2.14. The quantitative estimate of drug-likeness (QED) is 0.883. The van der Waals surface area contributed by atoms with E-state index in [9.17, 15) is 0 Å². The van der Waals surface area contributed by atoms with Crippen molar-refractivity contribution in [3.63, 3.8) is 0 Å². The Labute approximate surface area is 136 Å². The van der Waals surface area contributed by atoms with Gasteiger partial charge in [-0.2, -0.15) is 5.26 Å². The number of aryl methyl sites for hydroxylation is 1. The van der Waals surface area contributed by atoms with Crippen LogP contribution in [0.15, 0.2) is 36.9 Å². The third kappa shape index (κ3) is 3.97. The number of nitrogens with zero attached hydrogens (tertiary/aromatic N) is 2. The van der Waals surface area contributed by atoms with Crippen LogP contribution < -0.4 is 5.32 Å². The SMILES string of the molecule is C=C(c1ccc(CNCc2ccc(C#N)c(C)c2)s1)N(C)C. The minimum atomic E-state index is 0.744. The molecule has 2 aromatic rings. The summed E-state index contributed by atoms with van der Waals surface area (Å²) in [7, 11) is 4.01. The molecule has 0 bridgehead atoms. The molecular formula is C18H21N3S. The van der Waals surface area contributed by atoms with Gasteiger partial charge in [0.15, 0.2) is 0 Å². The molecule has 1 aromatic heterocycles. The Balaban J connectivity index is 1.90. The molecule has 0 amide bonds. The first-order valence-electron chi connectivity index (χ1n) is 7.17. The van der Waals surface area contributed by atoms with Gasteiger partial charge >= 0.3 is 0 Å². The highest BCUT2D eigenvalue weighted by Crippen LogP contribution is 2.24. The molecule has 0 saturated carbocycles. The molecule has 1 heterocycles. The Morgan fingerprint density at radius 2 is 2.05 bits per heavy atom. The van der Waals surface area contributed by atoms with Crippen LogP contribution >= 0.6 is 11.3 Å². The largest absolute Gasteiger partial charge is 0.377 e. The summed E-state index contributed by atoms with van der Waals surface area (Å²) in [5.41, 5.74) is 4.02. The molecule has 0 unspecified atom stereocenters. The van der Waals surface area contributed by atoms with Crippen LogP contribution in [-0.2, 0) is 13.1 Å². The predicted molar refractivity (Wildman–Crippen MR) is 93.5 cm³/mol. The van der Waals surface area contributed by atoms with E-state index in [0.29, 0.717) is 0 Å². The Bertz CT molecular complexity index is 707. The Morgan fingerprint density at radius 1 is 1.27 bits per heavy atom.